The SMILES string of the molecule is CCc1ccc2c(Cn3cc([N+](=O)[O-])ccc3=O)cc(=O)oc2c1. The van der Waals surface area contributed by atoms with Gasteiger partial charge in [0, 0.05) is 23.6 Å². The Labute approximate surface area is 135 Å². The number of nitrogens with zero attached hydrogens (tertiary/aromatic N) is 2. The molecular formula is C17H14N2O5. The highest BCUT2D eigenvalue weighted by atomic mass is 16.6. The molecule has 2 heterocycles. The van der Waals surface area contributed by atoms with Gasteiger partial charge in [0.2, 0.25) is 0 Å². The van der Waals surface area contributed by atoms with Crippen LogP contribution >= 0.6 is 0 Å². The van der Waals surface area contributed by atoms with Gasteiger partial charge in [-0.3, -0.25) is 14.9 Å². The van der Waals surface area contributed by atoms with E-state index in [1.54, 1.807) is 6.07 Å². The molecular weight excluding hydrogens is 312 g/mol. The van der Waals surface area contributed by atoms with Gasteiger partial charge in [-0.25, -0.2) is 4.79 Å². The van der Waals surface area contributed by atoms with Gasteiger partial charge in [-0.05, 0) is 23.6 Å². The van der Waals surface area contributed by atoms with Crippen LogP contribution in [0.2, 0.25) is 0 Å². The van der Waals surface area contributed by atoms with Crippen LogP contribution in [0.1, 0.15) is 18.1 Å². The van der Waals surface area contributed by atoms with Gasteiger partial charge in [-0.15, -0.1) is 0 Å². The number of hydrogen-bond donors (Lipinski definition) is 0. The molecule has 0 atom stereocenters. The van der Waals surface area contributed by atoms with E-state index in [9.17, 15) is 19.7 Å². The molecule has 0 amide bonds. The Morgan fingerprint density at radius 3 is 2.67 bits per heavy atom. The van der Waals surface area contributed by atoms with Gasteiger partial charge in [0.25, 0.3) is 11.2 Å². The maximum absolute atomic E-state index is 12.0. The van der Waals surface area contributed by atoms with E-state index >= 15 is 0 Å². The minimum atomic E-state index is -0.569. The van der Waals surface area contributed by atoms with Crippen LogP contribution in [0.3, 0.4) is 0 Å². The summed E-state index contributed by atoms with van der Waals surface area (Å²) in [4.78, 5) is 34.1. The van der Waals surface area contributed by atoms with E-state index in [4.69, 9.17) is 4.42 Å². The van der Waals surface area contributed by atoms with Crippen LogP contribution in [0.4, 0.5) is 5.69 Å². The molecule has 0 aliphatic carbocycles. The van der Waals surface area contributed by atoms with Crippen molar-refractivity contribution in [1.82, 2.24) is 4.57 Å². The largest absolute Gasteiger partial charge is 0.423 e. The van der Waals surface area contributed by atoms with E-state index in [0.29, 0.717) is 16.5 Å². The third kappa shape index (κ3) is 2.96. The summed E-state index contributed by atoms with van der Waals surface area (Å²) in [6.07, 6.45) is 1.97. The van der Waals surface area contributed by atoms with E-state index in [1.807, 2.05) is 19.1 Å². The maximum atomic E-state index is 12.0. The second kappa shape index (κ2) is 6.11. The van der Waals surface area contributed by atoms with Gasteiger partial charge in [0.1, 0.15) is 5.58 Å². The summed E-state index contributed by atoms with van der Waals surface area (Å²) in [5, 5.41) is 11.6. The molecule has 122 valence electrons. The number of pyridine rings is 1. The van der Waals surface area contributed by atoms with Crippen molar-refractivity contribution in [3.63, 3.8) is 0 Å². The van der Waals surface area contributed by atoms with Crippen LogP contribution in [0.15, 0.2) is 56.6 Å². The maximum Gasteiger partial charge on any atom is 0.336 e. The molecule has 0 saturated carbocycles. The van der Waals surface area contributed by atoms with Gasteiger partial charge in [-0.1, -0.05) is 19.1 Å². The van der Waals surface area contributed by atoms with E-state index in [2.05, 4.69) is 0 Å². The molecule has 0 N–H and O–H groups in total. The number of aromatic nitrogens is 1. The number of aryl methyl sites for hydroxylation is 1. The lowest BCUT2D eigenvalue weighted by molar-refractivity contribution is -0.385. The lowest BCUT2D eigenvalue weighted by Gasteiger charge is -2.08. The van der Waals surface area contributed by atoms with Crippen molar-refractivity contribution in [3.8, 4) is 0 Å². The lowest BCUT2D eigenvalue weighted by Crippen LogP contribution is -2.20. The molecule has 0 aliphatic rings. The standard InChI is InChI=1S/C17H14N2O5/c1-2-11-3-5-14-12(8-17(21)24-15(14)7-11)9-18-10-13(19(22)23)4-6-16(18)20/h3-8,10H,2,9H2,1H3. The van der Waals surface area contributed by atoms with Gasteiger partial charge < -0.3 is 8.98 Å². The van der Waals surface area contributed by atoms with E-state index in [1.165, 1.54) is 16.8 Å². The Morgan fingerprint density at radius 1 is 1.17 bits per heavy atom. The van der Waals surface area contributed by atoms with Crippen molar-refractivity contribution in [3.05, 3.63) is 84.6 Å². The average Bonchev–Trinajstić information content (AvgIpc) is 2.55. The minimum absolute atomic E-state index is 0.0497. The van der Waals surface area contributed by atoms with Crippen LogP contribution in [-0.2, 0) is 13.0 Å². The van der Waals surface area contributed by atoms with Gasteiger partial charge in [0.15, 0.2) is 0 Å². The van der Waals surface area contributed by atoms with Crippen molar-refractivity contribution in [1.29, 1.82) is 0 Å². The first-order valence-electron chi connectivity index (χ1n) is 7.38. The quantitative estimate of drug-likeness (QED) is 0.417. The van der Waals surface area contributed by atoms with Gasteiger partial charge in [-0.2, -0.15) is 0 Å². The molecule has 0 radical (unpaired) electrons. The fourth-order valence-electron chi connectivity index (χ4n) is 2.56. The Morgan fingerprint density at radius 2 is 1.96 bits per heavy atom. The second-order valence-electron chi connectivity index (χ2n) is 5.39. The highest BCUT2D eigenvalue weighted by molar-refractivity contribution is 5.80. The lowest BCUT2D eigenvalue weighted by atomic mass is 10.1. The first-order valence-corrected chi connectivity index (χ1v) is 7.38. The van der Waals surface area contributed by atoms with Crippen molar-refractivity contribution < 1.29 is 9.34 Å². The van der Waals surface area contributed by atoms with Crippen molar-refractivity contribution in [2.45, 2.75) is 19.9 Å². The second-order valence-corrected chi connectivity index (χ2v) is 5.39. The molecule has 7 nitrogen and oxygen atoms in total. The topological polar surface area (TPSA) is 95.3 Å². The van der Waals surface area contributed by atoms with Crippen LogP contribution < -0.4 is 11.2 Å². The van der Waals surface area contributed by atoms with Crippen LogP contribution in [0.25, 0.3) is 11.0 Å². The fourth-order valence-corrected chi connectivity index (χ4v) is 2.56. The van der Waals surface area contributed by atoms with Crippen molar-refractivity contribution >= 4 is 16.7 Å². The summed E-state index contributed by atoms with van der Waals surface area (Å²) >= 11 is 0. The number of benzene rings is 1. The highest BCUT2D eigenvalue weighted by Gasteiger charge is 2.11. The van der Waals surface area contributed by atoms with Crippen molar-refractivity contribution in [2.75, 3.05) is 0 Å². The molecule has 0 saturated heterocycles. The Kier molecular flexibility index (Phi) is 3.99. The molecule has 7 heteroatoms. The summed E-state index contributed by atoms with van der Waals surface area (Å²) in [6, 6.07) is 9.14. The van der Waals surface area contributed by atoms with Gasteiger partial charge >= 0.3 is 5.63 Å². The summed E-state index contributed by atoms with van der Waals surface area (Å²) < 4.78 is 6.43. The Balaban J connectivity index is 2.14. The fraction of sp³-hybridized carbons (Fsp3) is 0.176. The van der Waals surface area contributed by atoms with Crippen molar-refractivity contribution in [2.24, 2.45) is 0 Å². The smallest absolute Gasteiger partial charge is 0.336 e. The summed E-state index contributed by atoms with van der Waals surface area (Å²) in [5.74, 6) is 0. The molecule has 0 spiro atoms. The number of nitro groups is 1. The highest BCUT2D eigenvalue weighted by Crippen LogP contribution is 2.20. The molecule has 0 bridgehead atoms. The zero-order chi connectivity index (χ0) is 17.3. The molecule has 0 unspecified atom stereocenters. The summed E-state index contributed by atoms with van der Waals surface area (Å²) in [7, 11) is 0. The molecule has 0 fully saturated rings. The van der Waals surface area contributed by atoms with E-state index in [-0.39, 0.29) is 17.8 Å². The number of rotatable bonds is 4. The summed E-state index contributed by atoms with van der Waals surface area (Å²) in [5.41, 5.74) is 0.948. The molecule has 3 rings (SSSR count). The predicted molar refractivity (Wildman–Crippen MR) is 88.3 cm³/mol. The average molecular weight is 326 g/mol. The minimum Gasteiger partial charge on any atom is -0.423 e. The monoisotopic (exact) mass is 326 g/mol. The predicted octanol–water partition coefficient (Wildman–Crippen LogP) is 2.47. The zero-order valence-corrected chi connectivity index (χ0v) is 12.9. The first kappa shape index (κ1) is 15.7. The summed E-state index contributed by atoms with van der Waals surface area (Å²) in [6.45, 7) is 2.04. The molecule has 24 heavy (non-hydrogen) atoms. The third-order valence-corrected chi connectivity index (χ3v) is 3.82. The third-order valence-electron chi connectivity index (χ3n) is 3.82. The number of fused-ring (bicyclic) bond motifs is 1. The normalized spacial score (nSPS) is 10.9. The first-order chi connectivity index (χ1) is 11.5. The van der Waals surface area contributed by atoms with Crippen LogP contribution in [0.5, 0.6) is 0 Å². The molecule has 2 aromatic heterocycles. The van der Waals surface area contributed by atoms with Crippen LogP contribution in [-0.4, -0.2) is 9.49 Å². The Hall–Kier alpha value is -3.22. The zero-order valence-electron chi connectivity index (χ0n) is 12.9. The van der Waals surface area contributed by atoms with Crippen LogP contribution in [0, 0.1) is 10.1 Å². The van der Waals surface area contributed by atoms with E-state index < -0.39 is 10.5 Å². The van der Waals surface area contributed by atoms with Gasteiger partial charge in [0.05, 0.1) is 17.7 Å². The van der Waals surface area contributed by atoms with E-state index in [0.717, 1.165) is 24.1 Å². The molecule has 1 aromatic carbocycles. The number of hydrogen-bond acceptors (Lipinski definition) is 5. The Bertz CT molecular complexity index is 1050. The molecule has 3 aromatic rings. The molecule has 0 aliphatic heterocycles.